The molecule has 0 aliphatic heterocycles. The Morgan fingerprint density at radius 1 is 1.37 bits per heavy atom. The maximum atomic E-state index is 11.6. The topological polar surface area (TPSA) is 75.4 Å². The van der Waals surface area contributed by atoms with Gasteiger partial charge in [0.1, 0.15) is 5.76 Å². The zero-order valence-electron chi connectivity index (χ0n) is 10.7. The third kappa shape index (κ3) is 3.42. The number of aliphatic hydroxyl groups is 1. The minimum atomic E-state index is -0.176. The number of nitrogens with zero attached hydrogens (tertiary/aromatic N) is 1. The lowest BCUT2D eigenvalue weighted by Crippen LogP contribution is -2.28. The number of hydrogen-bond acceptors (Lipinski definition) is 4. The lowest BCUT2D eigenvalue weighted by atomic mass is 10.2. The molecule has 0 aliphatic rings. The molecule has 2 N–H and O–H groups in total. The van der Waals surface area contributed by atoms with E-state index in [4.69, 9.17) is 9.52 Å². The predicted octanol–water partition coefficient (Wildman–Crippen LogP) is 1.30. The molecule has 1 aromatic carbocycles. The van der Waals surface area contributed by atoms with Crippen molar-refractivity contribution in [2.75, 3.05) is 13.2 Å². The lowest BCUT2D eigenvalue weighted by Gasteiger charge is -2.00. The van der Waals surface area contributed by atoms with E-state index in [2.05, 4.69) is 10.3 Å². The number of hydrogen-bond donors (Lipinski definition) is 2. The Morgan fingerprint density at radius 3 is 2.79 bits per heavy atom. The number of rotatable bonds is 5. The largest absolute Gasteiger partial charge is 0.441 e. The molecule has 5 heteroatoms. The Morgan fingerprint density at radius 2 is 2.11 bits per heavy atom. The Labute approximate surface area is 111 Å². The first-order valence-corrected chi connectivity index (χ1v) is 6.10. The summed E-state index contributed by atoms with van der Waals surface area (Å²) >= 11 is 0. The Hall–Kier alpha value is -2.14. The Bertz CT molecular complexity index is 549. The first-order valence-electron chi connectivity index (χ1n) is 6.10. The molecule has 0 saturated heterocycles. The van der Waals surface area contributed by atoms with Crippen molar-refractivity contribution >= 4 is 5.91 Å². The second-order valence-electron chi connectivity index (χ2n) is 4.14. The molecule has 1 aromatic heterocycles. The molecular weight excluding hydrogens is 244 g/mol. The van der Waals surface area contributed by atoms with Crippen LogP contribution >= 0.6 is 0 Å². The fourth-order valence-corrected chi connectivity index (χ4v) is 1.71. The van der Waals surface area contributed by atoms with Gasteiger partial charge in [-0.15, -0.1) is 0 Å². The highest BCUT2D eigenvalue weighted by atomic mass is 16.4. The third-order valence-corrected chi connectivity index (χ3v) is 2.68. The van der Waals surface area contributed by atoms with Gasteiger partial charge in [0.15, 0.2) is 0 Å². The first kappa shape index (κ1) is 13.3. The van der Waals surface area contributed by atoms with Gasteiger partial charge < -0.3 is 14.8 Å². The van der Waals surface area contributed by atoms with Crippen molar-refractivity contribution in [1.29, 1.82) is 0 Å². The average Bonchev–Trinajstić information content (AvgIpc) is 2.79. The van der Waals surface area contributed by atoms with Crippen LogP contribution in [0, 0.1) is 6.92 Å². The monoisotopic (exact) mass is 260 g/mol. The van der Waals surface area contributed by atoms with E-state index in [9.17, 15) is 4.79 Å². The number of amides is 1. The SMILES string of the molecule is Cc1oc(-c2ccccc2)nc1CC(=O)NCCO. The van der Waals surface area contributed by atoms with Gasteiger partial charge in [-0.25, -0.2) is 4.98 Å². The number of aromatic nitrogens is 1. The molecule has 2 aromatic rings. The first-order chi connectivity index (χ1) is 9.20. The van der Waals surface area contributed by atoms with Gasteiger partial charge in [-0.3, -0.25) is 4.79 Å². The molecule has 1 heterocycles. The van der Waals surface area contributed by atoms with Crippen LogP contribution in [0.5, 0.6) is 0 Å². The molecule has 0 spiro atoms. The van der Waals surface area contributed by atoms with Crippen molar-refractivity contribution in [2.24, 2.45) is 0 Å². The highest BCUT2D eigenvalue weighted by Crippen LogP contribution is 2.21. The van der Waals surface area contributed by atoms with Gasteiger partial charge in [0, 0.05) is 12.1 Å². The van der Waals surface area contributed by atoms with E-state index in [1.807, 2.05) is 30.3 Å². The smallest absolute Gasteiger partial charge is 0.226 e. The van der Waals surface area contributed by atoms with Crippen molar-refractivity contribution in [2.45, 2.75) is 13.3 Å². The van der Waals surface area contributed by atoms with E-state index in [-0.39, 0.29) is 25.5 Å². The molecule has 5 nitrogen and oxygen atoms in total. The second kappa shape index (κ2) is 6.15. The average molecular weight is 260 g/mol. The molecule has 0 aliphatic carbocycles. The van der Waals surface area contributed by atoms with Gasteiger partial charge in [0.05, 0.1) is 18.7 Å². The fourth-order valence-electron chi connectivity index (χ4n) is 1.71. The number of aryl methyl sites for hydroxylation is 1. The molecule has 100 valence electrons. The molecule has 0 radical (unpaired) electrons. The number of carbonyl (C=O) groups is 1. The standard InChI is InChI=1S/C14H16N2O3/c1-10-12(9-13(18)15-7-8-17)16-14(19-10)11-5-3-2-4-6-11/h2-6,17H,7-9H2,1H3,(H,15,18). The Balaban J connectivity index is 2.11. The summed E-state index contributed by atoms with van der Waals surface area (Å²) in [5, 5.41) is 11.2. The van der Waals surface area contributed by atoms with Gasteiger partial charge in [0.2, 0.25) is 11.8 Å². The van der Waals surface area contributed by atoms with E-state index < -0.39 is 0 Å². The summed E-state index contributed by atoms with van der Waals surface area (Å²) in [4.78, 5) is 15.9. The van der Waals surface area contributed by atoms with Gasteiger partial charge >= 0.3 is 0 Å². The number of benzene rings is 1. The van der Waals surface area contributed by atoms with Crippen LogP contribution in [0.1, 0.15) is 11.5 Å². The van der Waals surface area contributed by atoms with E-state index in [0.717, 1.165) is 5.56 Å². The van der Waals surface area contributed by atoms with Gasteiger partial charge in [0.25, 0.3) is 0 Å². The van der Waals surface area contributed by atoms with Crippen LogP contribution in [0.15, 0.2) is 34.7 Å². The van der Waals surface area contributed by atoms with E-state index in [1.54, 1.807) is 6.92 Å². The number of carbonyl (C=O) groups excluding carboxylic acids is 1. The van der Waals surface area contributed by atoms with E-state index in [1.165, 1.54) is 0 Å². The summed E-state index contributed by atoms with van der Waals surface area (Å²) in [6.45, 7) is 1.97. The molecule has 0 fully saturated rings. The number of nitrogens with one attached hydrogen (secondary N) is 1. The van der Waals surface area contributed by atoms with Gasteiger partial charge in [-0.05, 0) is 19.1 Å². The van der Waals surface area contributed by atoms with Crippen LogP contribution in [0.25, 0.3) is 11.5 Å². The summed E-state index contributed by atoms with van der Waals surface area (Å²) in [6.07, 6.45) is 0.155. The maximum Gasteiger partial charge on any atom is 0.226 e. The number of oxazole rings is 1. The van der Waals surface area contributed by atoms with Crippen LogP contribution in [0.2, 0.25) is 0 Å². The summed E-state index contributed by atoms with van der Waals surface area (Å²) in [5.41, 5.74) is 1.50. The van der Waals surface area contributed by atoms with Crippen molar-refractivity contribution in [1.82, 2.24) is 10.3 Å². The quantitative estimate of drug-likeness (QED) is 0.849. The van der Waals surface area contributed by atoms with Gasteiger partial charge in [-0.1, -0.05) is 18.2 Å². The van der Waals surface area contributed by atoms with Crippen LogP contribution in [0.3, 0.4) is 0 Å². The fraction of sp³-hybridized carbons (Fsp3) is 0.286. The summed E-state index contributed by atoms with van der Waals surface area (Å²) in [5.74, 6) is 0.978. The van der Waals surface area contributed by atoms with E-state index in [0.29, 0.717) is 17.3 Å². The van der Waals surface area contributed by atoms with Crippen molar-refractivity contribution in [3.05, 3.63) is 41.8 Å². The minimum absolute atomic E-state index is 0.0706. The molecular formula is C14H16N2O3. The number of aliphatic hydroxyl groups excluding tert-OH is 1. The van der Waals surface area contributed by atoms with Crippen LogP contribution in [-0.2, 0) is 11.2 Å². The van der Waals surface area contributed by atoms with Crippen molar-refractivity contribution in [3.8, 4) is 11.5 Å². The molecule has 2 rings (SSSR count). The van der Waals surface area contributed by atoms with Crippen molar-refractivity contribution < 1.29 is 14.3 Å². The Kier molecular flexibility index (Phi) is 4.30. The second-order valence-corrected chi connectivity index (χ2v) is 4.14. The van der Waals surface area contributed by atoms with Crippen LogP contribution in [-0.4, -0.2) is 29.1 Å². The van der Waals surface area contributed by atoms with Crippen molar-refractivity contribution in [3.63, 3.8) is 0 Å². The van der Waals surface area contributed by atoms with Crippen LogP contribution < -0.4 is 5.32 Å². The third-order valence-electron chi connectivity index (χ3n) is 2.68. The molecule has 1 amide bonds. The summed E-state index contributed by atoms with van der Waals surface area (Å²) in [6, 6.07) is 9.54. The zero-order valence-corrected chi connectivity index (χ0v) is 10.7. The lowest BCUT2D eigenvalue weighted by molar-refractivity contribution is -0.120. The minimum Gasteiger partial charge on any atom is -0.441 e. The maximum absolute atomic E-state index is 11.6. The molecule has 0 saturated carbocycles. The summed E-state index contributed by atoms with van der Waals surface area (Å²) in [7, 11) is 0. The molecule has 0 atom stereocenters. The molecule has 0 unspecified atom stereocenters. The van der Waals surface area contributed by atoms with Crippen LogP contribution in [0.4, 0.5) is 0 Å². The normalized spacial score (nSPS) is 10.4. The molecule has 0 bridgehead atoms. The predicted molar refractivity (Wildman–Crippen MR) is 70.5 cm³/mol. The highest BCUT2D eigenvalue weighted by molar-refractivity contribution is 5.78. The highest BCUT2D eigenvalue weighted by Gasteiger charge is 2.14. The molecule has 19 heavy (non-hydrogen) atoms. The van der Waals surface area contributed by atoms with Gasteiger partial charge in [-0.2, -0.15) is 0 Å². The zero-order chi connectivity index (χ0) is 13.7. The summed E-state index contributed by atoms with van der Waals surface area (Å²) < 4.78 is 5.57. The van der Waals surface area contributed by atoms with E-state index >= 15 is 0 Å².